The minimum absolute atomic E-state index is 0.104. The number of hydrogen-bond acceptors (Lipinski definition) is 9. The van der Waals surface area contributed by atoms with Gasteiger partial charge in [0.1, 0.15) is 24.1 Å². The summed E-state index contributed by atoms with van der Waals surface area (Å²) in [5.41, 5.74) is 6.32. The zero-order valence-corrected chi connectivity index (χ0v) is 15.6. The molecule has 11 nitrogen and oxygen atoms in total. The van der Waals surface area contributed by atoms with Gasteiger partial charge in [-0.2, -0.15) is 0 Å². The van der Waals surface area contributed by atoms with Crippen LogP contribution in [0.3, 0.4) is 0 Å². The summed E-state index contributed by atoms with van der Waals surface area (Å²) in [5, 5.41) is 29.0. The lowest BCUT2D eigenvalue weighted by Gasteiger charge is -2.17. The first-order valence-corrected chi connectivity index (χ1v) is 9.72. The maximum atomic E-state index is 12.4. The molecule has 1 aliphatic heterocycles. The van der Waals surface area contributed by atoms with Crippen molar-refractivity contribution in [1.82, 2.24) is 14.3 Å². The lowest BCUT2D eigenvalue weighted by molar-refractivity contribution is -0.0518. The van der Waals surface area contributed by atoms with E-state index in [1.165, 1.54) is 12.1 Å². The molecule has 1 fully saturated rings. The number of aliphatic hydroxyl groups is 3. The number of aromatic nitrogens is 2. The first-order valence-electron chi connectivity index (χ1n) is 8.24. The second kappa shape index (κ2) is 7.48. The van der Waals surface area contributed by atoms with Crippen molar-refractivity contribution in [3.8, 4) is 0 Å². The Morgan fingerprint density at radius 1 is 1.29 bits per heavy atom. The summed E-state index contributed by atoms with van der Waals surface area (Å²) in [7, 11) is -4.14. The molecule has 1 aromatic heterocycles. The van der Waals surface area contributed by atoms with E-state index in [2.05, 4.69) is 4.98 Å². The maximum Gasteiger partial charge on any atom is 0.287 e. The average molecular weight is 412 g/mol. The summed E-state index contributed by atoms with van der Waals surface area (Å²) < 4.78 is 33.0. The molecule has 1 aromatic carbocycles. The molecule has 12 heteroatoms. The standard InChI is InChI=1S/C16H20N4O7S/c1-8-2-4-9(5-3-8)28(25,26)19-15(24)11-14(17)20(7-18-11)16-13(23)12(22)10(6-21)27-16/h2-5,7,10,12-13,16,21-23H,6,17H2,1H3,(H,19,24)/t10-,12+,13+,16+/m0/s1. The molecular formula is C16H20N4O7S. The van der Waals surface area contributed by atoms with Crippen LogP contribution < -0.4 is 10.5 Å². The van der Waals surface area contributed by atoms with Gasteiger partial charge in [0.2, 0.25) is 0 Å². The number of carbonyl (C=O) groups excluding carboxylic acids is 1. The smallest absolute Gasteiger partial charge is 0.287 e. The molecule has 28 heavy (non-hydrogen) atoms. The summed E-state index contributed by atoms with van der Waals surface area (Å²) in [6, 6.07) is 5.88. The van der Waals surface area contributed by atoms with Gasteiger partial charge in [-0.15, -0.1) is 0 Å². The SMILES string of the molecule is Cc1ccc(S(=O)(=O)NC(=O)c2ncn([C@@H]3O[C@@H](CO)[C@@H](O)[C@H]3O)c2N)cc1. The molecule has 6 N–H and O–H groups in total. The number of amides is 1. The van der Waals surface area contributed by atoms with E-state index in [9.17, 15) is 23.4 Å². The average Bonchev–Trinajstić information content (AvgIpc) is 3.15. The molecule has 0 unspecified atom stereocenters. The van der Waals surface area contributed by atoms with Crippen LogP contribution in [0.25, 0.3) is 0 Å². The zero-order chi connectivity index (χ0) is 20.6. The van der Waals surface area contributed by atoms with E-state index in [4.69, 9.17) is 15.6 Å². The van der Waals surface area contributed by atoms with Gasteiger partial charge in [0.15, 0.2) is 11.9 Å². The molecule has 0 saturated carbocycles. The van der Waals surface area contributed by atoms with E-state index in [1.54, 1.807) is 19.1 Å². The fourth-order valence-corrected chi connectivity index (χ4v) is 3.76. The van der Waals surface area contributed by atoms with Gasteiger partial charge in [0.25, 0.3) is 15.9 Å². The Morgan fingerprint density at radius 3 is 2.50 bits per heavy atom. The van der Waals surface area contributed by atoms with Crippen molar-refractivity contribution in [1.29, 1.82) is 0 Å². The summed E-state index contributed by atoms with van der Waals surface area (Å²) >= 11 is 0. The molecule has 2 heterocycles. The van der Waals surface area contributed by atoms with E-state index in [-0.39, 0.29) is 10.7 Å². The van der Waals surface area contributed by atoms with Gasteiger partial charge in [-0.1, -0.05) is 17.7 Å². The van der Waals surface area contributed by atoms with Crippen molar-refractivity contribution in [2.75, 3.05) is 12.3 Å². The van der Waals surface area contributed by atoms with Crippen molar-refractivity contribution < 1.29 is 33.3 Å². The Labute approximate surface area is 160 Å². The van der Waals surface area contributed by atoms with E-state index < -0.39 is 52.8 Å². The third-order valence-electron chi connectivity index (χ3n) is 4.40. The number of nitrogens with zero attached hydrogens (tertiary/aromatic N) is 2. The summed E-state index contributed by atoms with van der Waals surface area (Å²) in [6.45, 7) is 1.26. The summed E-state index contributed by atoms with van der Waals surface area (Å²) in [5.74, 6) is -1.34. The van der Waals surface area contributed by atoms with Crippen molar-refractivity contribution in [3.05, 3.63) is 41.9 Å². The molecule has 4 atom stereocenters. The minimum atomic E-state index is -4.14. The number of anilines is 1. The second-order valence-electron chi connectivity index (χ2n) is 6.36. The Balaban J connectivity index is 1.82. The highest BCUT2D eigenvalue weighted by atomic mass is 32.2. The fourth-order valence-electron chi connectivity index (χ4n) is 2.80. The van der Waals surface area contributed by atoms with Crippen LogP contribution >= 0.6 is 0 Å². The Kier molecular flexibility index (Phi) is 5.41. The second-order valence-corrected chi connectivity index (χ2v) is 8.04. The van der Waals surface area contributed by atoms with Gasteiger partial charge >= 0.3 is 0 Å². The number of nitrogens with two attached hydrogens (primary N) is 1. The van der Waals surface area contributed by atoms with Crippen LogP contribution in [0.5, 0.6) is 0 Å². The van der Waals surface area contributed by atoms with Crippen LogP contribution in [-0.2, 0) is 14.8 Å². The molecule has 1 saturated heterocycles. The van der Waals surface area contributed by atoms with Crippen LogP contribution in [-0.4, -0.2) is 64.1 Å². The van der Waals surface area contributed by atoms with Gasteiger partial charge in [-0.3, -0.25) is 9.36 Å². The van der Waals surface area contributed by atoms with E-state index in [0.29, 0.717) is 0 Å². The molecule has 2 aromatic rings. The van der Waals surface area contributed by atoms with Crippen molar-refractivity contribution >= 4 is 21.7 Å². The lowest BCUT2D eigenvalue weighted by Crippen LogP contribution is -2.33. The van der Waals surface area contributed by atoms with Crippen LogP contribution in [0.1, 0.15) is 22.3 Å². The van der Waals surface area contributed by atoms with Gasteiger partial charge < -0.3 is 25.8 Å². The molecule has 0 aliphatic carbocycles. The quantitative estimate of drug-likeness (QED) is 0.391. The normalized spacial score (nSPS) is 25.0. The van der Waals surface area contributed by atoms with Crippen LogP contribution in [0.2, 0.25) is 0 Å². The van der Waals surface area contributed by atoms with Gasteiger partial charge in [-0.25, -0.2) is 18.1 Å². The molecule has 152 valence electrons. The van der Waals surface area contributed by atoms with Gasteiger partial charge in [-0.05, 0) is 19.1 Å². The fraction of sp³-hybridized carbons (Fsp3) is 0.375. The number of ether oxygens (including phenoxy) is 1. The first kappa shape index (κ1) is 20.2. The third-order valence-corrected chi connectivity index (χ3v) is 5.74. The van der Waals surface area contributed by atoms with E-state index in [1.807, 2.05) is 4.72 Å². The molecule has 1 amide bonds. The predicted octanol–water partition coefficient (Wildman–Crippen LogP) is -1.50. The first-order chi connectivity index (χ1) is 13.2. The third kappa shape index (κ3) is 3.59. The highest BCUT2D eigenvalue weighted by Gasteiger charge is 2.44. The van der Waals surface area contributed by atoms with E-state index in [0.717, 1.165) is 16.5 Å². The zero-order valence-electron chi connectivity index (χ0n) is 14.8. The number of hydrogen-bond donors (Lipinski definition) is 5. The van der Waals surface area contributed by atoms with Crippen molar-refractivity contribution in [3.63, 3.8) is 0 Å². The molecule has 0 spiro atoms. The van der Waals surface area contributed by atoms with Crippen LogP contribution in [0.4, 0.5) is 5.82 Å². The summed E-state index contributed by atoms with van der Waals surface area (Å²) in [6.07, 6.45) is -3.96. The highest BCUT2D eigenvalue weighted by Crippen LogP contribution is 2.31. The minimum Gasteiger partial charge on any atom is -0.394 e. The molecule has 0 radical (unpaired) electrons. The Morgan fingerprint density at radius 2 is 1.93 bits per heavy atom. The number of aliphatic hydroxyl groups excluding tert-OH is 3. The number of sulfonamides is 1. The van der Waals surface area contributed by atoms with Gasteiger partial charge in [0.05, 0.1) is 17.8 Å². The number of carbonyl (C=O) groups is 1. The Bertz CT molecular complexity index is 973. The van der Waals surface area contributed by atoms with Gasteiger partial charge in [0, 0.05) is 0 Å². The number of nitrogens with one attached hydrogen (secondary N) is 1. The molecule has 1 aliphatic rings. The predicted molar refractivity (Wildman–Crippen MR) is 95.5 cm³/mol. The number of nitrogen functional groups attached to an aromatic ring is 1. The molecule has 3 rings (SSSR count). The number of benzene rings is 1. The van der Waals surface area contributed by atoms with Crippen molar-refractivity contribution in [2.24, 2.45) is 0 Å². The summed E-state index contributed by atoms with van der Waals surface area (Å²) in [4.78, 5) is 16.1. The maximum absolute atomic E-state index is 12.4. The lowest BCUT2D eigenvalue weighted by atomic mass is 10.1. The number of imidazole rings is 1. The highest BCUT2D eigenvalue weighted by molar-refractivity contribution is 7.90. The number of rotatable bonds is 5. The molecule has 0 bridgehead atoms. The van der Waals surface area contributed by atoms with E-state index >= 15 is 0 Å². The largest absolute Gasteiger partial charge is 0.394 e. The van der Waals surface area contributed by atoms with Crippen LogP contribution in [0, 0.1) is 6.92 Å². The monoisotopic (exact) mass is 412 g/mol. The number of aryl methyl sites for hydroxylation is 1. The Hall–Kier alpha value is -2.51. The topological polar surface area (TPSA) is 177 Å². The van der Waals surface area contributed by atoms with Crippen molar-refractivity contribution in [2.45, 2.75) is 36.4 Å². The van der Waals surface area contributed by atoms with Crippen LogP contribution in [0.15, 0.2) is 35.5 Å². The molecular weight excluding hydrogens is 392 g/mol.